The van der Waals surface area contributed by atoms with E-state index in [1.54, 1.807) is 15.6 Å². The number of aromatic nitrogens is 1. The smallest absolute Gasteiger partial charge is 0.255 e. The molecule has 1 saturated heterocycles. The lowest BCUT2D eigenvalue weighted by molar-refractivity contribution is 0.0747. The number of carbonyl (C=O) groups is 1. The summed E-state index contributed by atoms with van der Waals surface area (Å²) in [6.07, 6.45) is 6.63. The molecule has 39 heavy (non-hydrogen) atoms. The van der Waals surface area contributed by atoms with E-state index >= 15 is 0 Å². The van der Waals surface area contributed by atoms with Crippen molar-refractivity contribution in [3.8, 4) is 0 Å². The number of pyridine rings is 1. The third kappa shape index (κ3) is 5.64. The van der Waals surface area contributed by atoms with Crippen molar-refractivity contribution in [2.24, 2.45) is 11.3 Å². The molecule has 0 unspecified atom stereocenters. The second-order valence-electron chi connectivity index (χ2n) is 12.6. The molecule has 0 aromatic carbocycles. The quantitative estimate of drug-likeness (QED) is 0.488. The Morgan fingerprint density at radius 3 is 2.41 bits per heavy atom. The average molecular weight is 574 g/mol. The Hall–Kier alpha value is -1.97. The second kappa shape index (κ2) is 10.8. The van der Waals surface area contributed by atoms with Gasteiger partial charge in [0.25, 0.3) is 11.5 Å². The van der Waals surface area contributed by atoms with Crippen molar-refractivity contribution in [2.45, 2.75) is 92.0 Å². The van der Waals surface area contributed by atoms with E-state index in [2.05, 4.69) is 25.8 Å². The minimum atomic E-state index is -3.22. The van der Waals surface area contributed by atoms with Gasteiger partial charge in [-0.25, -0.2) is 12.7 Å². The fourth-order valence-electron chi connectivity index (χ4n) is 6.92. The third-order valence-corrected chi connectivity index (χ3v) is 13.3. The number of aromatic amines is 1. The number of amides is 1. The fourth-order valence-corrected chi connectivity index (χ4v) is 10.5. The number of thiophene rings is 1. The Kier molecular flexibility index (Phi) is 7.90. The van der Waals surface area contributed by atoms with Crippen LogP contribution >= 0.6 is 11.3 Å². The van der Waals surface area contributed by atoms with Gasteiger partial charge in [0.05, 0.1) is 17.9 Å². The number of piperidine rings is 1. The van der Waals surface area contributed by atoms with Crippen molar-refractivity contribution in [1.82, 2.24) is 14.2 Å². The molecule has 1 aliphatic carbocycles. The Morgan fingerprint density at radius 2 is 1.79 bits per heavy atom. The van der Waals surface area contributed by atoms with E-state index in [1.807, 2.05) is 24.8 Å². The Balaban J connectivity index is 1.29. The Labute approximate surface area is 237 Å². The van der Waals surface area contributed by atoms with Crippen LogP contribution in [0.1, 0.15) is 101 Å². The lowest BCUT2D eigenvalue weighted by Crippen LogP contribution is -2.45. The number of hydrogen-bond donors (Lipinski definition) is 1. The maximum Gasteiger partial charge on any atom is 0.255 e. The first-order chi connectivity index (χ1) is 18.4. The highest BCUT2D eigenvalue weighted by Gasteiger charge is 2.40. The van der Waals surface area contributed by atoms with Gasteiger partial charge in [0, 0.05) is 40.6 Å². The first-order valence-electron chi connectivity index (χ1n) is 14.5. The molecular weight excluding hydrogens is 530 g/mol. The molecule has 3 aliphatic rings. The van der Waals surface area contributed by atoms with Gasteiger partial charge in [-0.3, -0.25) is 9.59 Å². The molecule has 1 amide bonds. The normalized spacial score (nSPS) is 21.4. The van der Waals surface area contributed by atoms with Crippen molar-refractivity contribution in [1.29, 1.82) is 0 Å². The van der Waals surface area contributed by atoms with Gasteiger partial charge >= 0.3 is 0 Å². The van der Waals surface area contributed by atoms with Crippen LogP contribution in [0.4, 0.5) is 0 Å². The molecule has 1 atom stereocenters. The number of H-pyrrole nitrogens is 1. The van der Waals surface area contributed by atoms with E-state index in [4.69, 9.17) is 0 Å². The molecule has 1 N–H and O–H groups in total. The van der Waals surface area contributed by atoms with Crippen LogP contribution in [-0.4, -0.2) is 53.9 Å². The fraction of sp³-hybridized carbons (Fsp3) is 0.667. The number of fused-ring (bicyclic) bond motifs is 1. The summed E-state index contributed by atoms with van der Waals surface area (Å²) in [4.78, 5) is 33.6. The first-order valence-corrected chi connectivity index (χ1v) is 16.9. The number of nitrogens with one attached hydrogen (secondary N) is 1. The zero-order chi connectivity index (χ0) is 28.1. The van der Waals surface area contributed by atoms with Gasteiger partial charge in [0.2, 0.25) is 10.0 Å². The molecule has 0 radical (unpaired) electrons. The summed E-state index contributed by atoms with van der Waals surface area (Å²) in [7, 11) is -3.22. The summed E-state index contributed by atoms with van der Waals surface area (Å²) < 4.78 is 27.9. The van der Waals surface area contributed by atoms with Crippen molar-refractivity contribution < 1.29 is 13.2 Å². The summed E-state index contributed by atoms with van der Waals surface area (Å²) in [5.74, 6) is 0.986. The predicted molar refractivity (Wildman–Crippen MR) is 157 cm³/mol. The van der Waals surface area contributed by atoms with Gasteiger partial charge in [-0.1, -0.05) is 20.3 Å². The largest absolute Gasteiger partial charge is 0.334 e. The van der Waals surface area contributed by atoms with Crippen molar-refractivity contribution in [3.63, 3.8) is 0 Å². The monoisotopic (exact) mass is 573 g/mol. The molecule has 0 spiro atoms. The second-order valence-corrected chi connectivity index (χ2v) is 15.7. The Bertz CT molecular complexity index is 1410. The average Bonchev–Trinajstić information content (AvgIpc) is 3.09. The predicted octanol–water partition coefficient (Wildman–Crippen LogP) is 5.29. The summed E-state index contributed by atoms with van der Waals surface area (Å²) >= 11 is 1.77. The highest BCUT2D eigenvalue weighted by Crippen LogP contribution is 2.44. The van der Waals surface area contributed by atoms with Gasteiger partial charge in [0.15, 0.2) is 0 Å². The van der Waals surface area contributed by atoms with Crippen LogP contribution in [0.3, 0.4) is 0 Å². The van der Waals surface area contributed by atoms with E-state index in [-0.39, 0.29) is 28.6 Å². The van der Waals surface area contributed by atoms with Gasteiger partial charge < -0.3 is 9.88 Å². The molecule has 5 rings (SSSR count). The van der Waals surface area contributed by atoms with E-state index < -0.39 is 10.0 Å². The van der Waals surface area contributed by atoms with Crippen molar-refractivity contribution in [3.05, 3.63) is 54.1 Å². The maximum absolute atomic E-state index is 13.8. The molecule has 4 heterocycles. The summed E-state index contributed by atoms with van der Waals surface area (Å²) in [6, 6.07) is 1.96. The molecule has 7 nitrogen and oxygen atoms in total. The zero-order valence-electron chi connectivity index (χ0n) is 24.1. The molecule has 9 heteroatoms. The van der Waals surface area contributed by atoms with Crippen LogP contribution in [0, 0.1) is 32.1 Å². The van der Waals surface area contributed by atoms with Crippen LogP contribution in [0.25, 0.3) is 0 Å². The molecular formula is C30H43N3O4S2. The maximum atomic E-state index is 13.8. The van der Waals surface area contributed by atoms with Crippen molar-refractivity contribution in [2.75, 3.05) is 25.4 Å². The van der Waals surface area contributed by atoms with Crippen LogP contribution < -0.4 is 5.56 Å². The molecule has 2 aromatic heterocycles. The van der Waals surface area contributed by atoms with E-state index in [0.29, 0.717) is 37.7 Å². The summed E-state index contributed by atoms with van der Waals surface area (Å²) in [5.41, 5.74) is 4.15. The standard InChI is InChI=1S/C30H43N3O4S2/c1-19-16-20(2)31-28(34)24(19)17-32-13-6-8-25-26(29(32)35)22(4)27(38-25)21(3)23-9-14-33(15-10-23)39(36,37)18-30(5)11-7-12-30/h16,21,23H,6-15,17-18H2,1-5H3,(H,31,34)/t21-/m1/s1. The zero-order valence-corrected chi connectivity index (χ0v) is 25.7. The van der Waals surface area contributed by atoms with Gasteiger partial charge in [-0.15, -0.1) is 11.3 Å². The van der Waals surface area contributed by atoms with Crippen LogP contribution in [0.2, 0.25) is 0 Å². The number of hydrogen-bond acceptors (Lipinski definition) is 5. The number of sulfonamides is 1. The van der Waals surface area contributed by atoms with Gasteiger partial charge in [-0.05, 0) is 93.7 Å². The lowest BCUT2D eigenvalue weighted by Gasteiger charge is -2.41. The Morgan fingerprint density at radius 1 is 1.10 bits per heavy atom. The molecule has 214 valence electrons. The van der Waals surface area contributed by atoms with Gasteiger partial charge in [0.1, 0.15) is 0 Å². The number of nitrogens with zero attached hydrogens (tertiary/aromatic N) is 2. The molecule has 2 aromatic rings. The van der Waals surface area contributed by atoms with E-state index in [1.165, 1.54) is 4.88 Å². The SMILES string of the molecule is Cc1cc(C)c(CN2CCCc3sc([C@H](C)C4CCN(S(=O)(=O)CC5(C)CCC5)CC4)c(C)c3C2=O)c(=O)[nH]1. The highest BCUT2D eigenvalue weighted by atomic mass is 32.2. The first kappa shape index (κ1) is 28.6. The highest BCUT2D eigenvalue weighted by molar-refractivity contribution is 7.89. The third-order valence-electron chi connectivity index (χ3n) is 9.54. The van der Waals surface area contributed by atoms with E-state index in [9.17, 15) is 18.0 Å². The van der Waals surface area contributed by atoms with Crippen LogP contribution in [-0.2, 0) is 23.0 Å². The molecule has 0 bridgehead atoms. The van der Waals surface area contributed by atoms with Crippen LogP contribution in [0.5, 0.6) is 0 Å². The number of rotatable bonds is 7. The minimum absolute atomic E-state index is 0.0273. The van der Waals surface area contributed by atoms with E-state index in [0.717, 1.165) is 72.2 Å². The summed E-state index contributed by atoms with van der Waals surface area (Å²) in [5, 5.41) is 0. The van der Waals surface area contributed by atoms with Crippen LogP contribution in [0.15, 0.2) is 10.9 Å². The van der Waals surface area contributed by atoms with Gasteiger partial charge in [-0.2, -0.15) is 0 Å². The minimum Gasteiger partial charge on any atom is -0.334 e. The molecule has 1 saturated carbocycles. The summed E-state index contributed by atoms with van der Waals surface area (Å²) in [6.45, 7) is 12.4. The van der Waals surface area contributed by atoms with Crippen molar-refractivity contribution >= 4 is 27.3 Å². The molecule has 2 aliphatic heterocycles. The topological polar surface area (TPSA) is 90.6 Å². The molecule has 2 fully saturated rings. The number of carbonyl (C=O) groups excluding carboxylic acids is 1. The lowest BCUT2D eigenvalue weighted by atomic mass is 9.72. The number of aryl methyl sites for hydroxylation is 3.